The van der Waals surface area contributed by atoms with Gasteiger partial charge in [0.2, 0.25) is 5.95 Å². The molecule has 0 saturated heterocycles. The van der Waals surface area contributed by atoms with Gasteiger partial charge in [0.05, 0.1) is 6.26 Å². The van der Waals surface area contributed by atoms with Crippen LogP contribution < -0.4 is 10.9 Å². The van der Waals surface area contributed by atoms with Gasteiger partial charge in [0.15, 0.2) is 5.76 Å². The highest BCUT2D eigenvalue weighted by Crippen LogP contribution is 2.24. The maximum atomic E-state index is 12.9. The molecule has 4 rings (SSSR count). The Balaban J connectivity index is 1.78. The Morgan fingerprint density at radius 2 is 2.00 bits per heavy atom. The van der Waals surface area contributed by atoms with Crippen molar-refractivity contribution in [2.24, 2.45) is 0 Å². The summed E-state index contributed by atoms with van der Waals surface area (Å²) in [5, 5.41) is 7.36. The maximum absolute atomic E-state index is 12.9. The third kappa shape index (κ3) is 3.80. The van der Waals surface area contributed by atoms with Gasteiger partial charge in [-0.1, -0.05) is 13.0 Å². The molecule has 0 radical (unpaired) electrons. The fourth-order valence-electron chi connectivity index (χ4n) is 3.02. The second kappa shape index (κ2) is 7.82. The first-order valence-electron chi connectivity index (χ1n) is 9.57. The first-order valence-corrected chi connectivity index (χ1v) is 9.57. The Morgan fingerprint density at radius 1 is 1.17 bits per heavy atom. The predicted molar refractivity (Wildman–Crippen MR) is 113 cm³/mol. The van der Waals surface area contributed by atoms with Gasteiger partial charge in [-0.15, -0.1) is 0 Å². The summed E-state index contributed by atoms with van der Waals surface area (Å²) in [7, 11) is 0. The zero-order valence-electron chi connectivity index (χ0n) is 16.9. The van der Waals surface area contributed by atoms with Crippen LogP contribution in [0.4, 0.5) is 5.82 Å². The Kier molecular flexibility index (Phi) is 5.05. The molecular formula is C22H21N5O3. The minimum absolute atomic E-state index is 0.215. The summed E-state index contributed by atoms with van der Waals surface area (Å²) >= 11 is 0. The van der Waals surface area contributed by atoms with E-state index in [0.717, 1.165) is 11.1 Å². The molecule has 0 bridgehead atoms. The van der Waals surface area contributed by atoms with Crippen LogP contribution in [0.25, 0.3) is 17.4 Å². The molecule has 0 fully saturated rings. The number of nitrogens with zero attached hydrogens (tertiary/aromatic N) is 3. The topological polar surface area (TPSA) is 106 Å². The molecule has 0 aliphatic rings. The van der Waals surface area contributed by atoms with Crippen molar-refractivity contribution in [3.8, 4) is 17.4 Å². The monoisotopic (exact) mass is 403 g/mol. The molecule has 0 saturated carbocycles. The molecule has 0 atom stereocenters. The number of nitrogens with one attached hydrogen (secondary N) is 2. The van der Waals surface area contributed by atoms with E-state index in [2.05, 4.69) is 20.4 Å². The first-order chi connectivity index (χ1) is 14.4. The van der Waals surface area contributed by atoms with Gasteiger partial charge < -0.3 is 9.73 Å². The molecule has 0 spiro atoms. The van der Waals surface area contributed by atoms with Crippen molar-refractivity contribution >= 4 is 11.7 Å². The average molecular weight is 403 g/mol. The van der Waals surface area contributed by atoms with E-state index in [1.165, 1.54) is 10.7 Å². The second-order valence-electron chi connectivity index (χ2n) is 6.97. The fourth-order valence-corrected chi connectivity index (χ4v) is 3.02. The molecule has 1 aromatic carbocycles. The quantitative estimate of drug-likeness (QED) is 0.529. The lowest BCUT2D eigenvalue weighted by Gasteiger charge is -2.09. The smallest absolute Gasteiger partial charge is 0.256 e. The number of benzene rings is 1. The minimum Gasteiger partial charge on any atom is -0.463 e. The number of hydrogen-bond donors (Lipinski definition) is 2. The van der Waals surface area contributed by atoms with Crippen molar-refractivity contribution in [1.29, 1.82) is 0 Å². The van der Waals surface area contributed by atoms with Crippen LogP contribution in [-0.4, -0.2) is 25.7 Å². The van der Waals surface area contributed by atoms with Crippen LogP contribution in [0.3, 0.4) is 0 Å². The van der Waals surface area contributed by atoms with E-state index < -0.39 is 0 Å². The minimum atomic E-state index is -0.293. The lowest BCUT2D eigenvalue weighted by molar-refractivity contribution is 0.102. The van der Waals surface area contributed by atoms with Crippen LogP contribution in [0.2, 0.25) is 0 Å². The summed E-state index contributed by atoms with van der Waals surface area (Å²) in [5.74, 6) is 0.817. The number of furan rings is 1. The standard InChI is InChI=1S/C22H21N5O3/c1-4-16-11-20(28)25-22(23-16)27-19(12-17(26-27)18-6-5-9-30-18)24-21(29)15-8-7-13(2)14(3)10-15/h5-12H,4H2,1-3H3,(H,24,29)(H,23,25,28). The van der Waals surface area contributed by atoms with Crippen LogP contribution in [-0.2, 0) is 6.42 Å². The number of aryl methyl sites for hydroxylation is 3. The van der Waals surface area contributed by atoms with Crippen LogP contribution in [0.5, 0.6) is 0 Å². The van der Waals surface area contributed by atoms with Crippen LogP contribution in [0.15, 0.2) is 57.9 Å². The van der Waals surface area contributed by atoms with Crippen molar-refractivity contribution in [2.45, 2.75) is 27.2 Å². The molecule has 30 heavy (non-hydrogen) atoms. The van der Waals surface area contributed by atoms with Gasteiger partial charge in [0, 0.05) is 23.4 Å². The largest absolute Gasteiger partial charge is 0.463 e. The molecule has 152 valence electrons. The van der Waals surface area contributed by atoms with E-state index in [4.69, 9.17) is 4.42 Å². The Labute approximate surface area is 172 Å². The van der Waals surface area contributed by atoms with E-state index in [9.17, 15) is 9.59 Å². The summed E-state index contributed by atoms with van der Waals surface area (Å²) in [6, 6.07) is 12.1. The Hall–Kier alpha value is -3.94. The zero-order valence-corrected chi connectivity index (χ0v) is 16.9. The third-order valence-corrected chi connectivity index (χ3v) is 4.84. The van der Waals surface area contributed by atoms with E-state index in [-0.39, 0.29) is 17.4 Å². The number of hydrogen-bond acceptors (Lipinski definition) is 5. The number of rotatable bonds is 5. The predicted octanol–water partition coefficient (Wildman–Crippen LogP) is 3.65. The van der Waals surface area contributed by atoms with Crippen molar-refractivity contribution in [3.05, 3.63) is 81.5 Å². The Morgan fingerprint density at radius 3 is 2.70 bits per heavy atom. The molecule has 0 aliphatic carbocycles. The van der Waals surface area contributed by atoms with Gasteiger partial charge in [0.1, 0.15) is 11.5 Å². The Bertz CT molecular complexity index is 1270. The summed E-state index contributed by atoms with van der Waals surface area (Å²) in [6.45, 7) is 5.85. The summed E-state index contributed by atoms with van der Waals surface area (Å²) < 4.78 is 6.83. The van der Waals surface area contributed by atoms with Gasteiger partial charge >= 0.3 is 0 Å². The summed E-state index contributed by atoms with van der Waals surface area (Å²) in [5.41, 5.74) is 3.48. The zero-order chi connectivity index (χ0) is 21.3. The van der Waals surface area contributed by atoms with E-state index in [1.54, 1.807) is 30.5 Å². The van der Waals surface area contributed by atoms with Gasteiger partial charge in [0.25, 0.3) is 11.5 Å². The molecule has 4 aromatic rings. The second-order valence-corrected chi connectivity index (χ2v) is 6.97. The first kappa shape index (κ1) is 19.4. The van der Waals surface area contributed by atoms with Gasteiger partial charge in [-0.05, 0) is 55.7 Å². The van der Waals surface area contributed by atoms with Crippen LogP contribution in [0.1, 0.15) is 34.1 Å². The highest BCUT2D eigenvalue weighted by molar-refractivity contribution is 6.04. The highest BCUT2D eigenvalue weighted by atomic mass is 16.3. The molecule has 2 N–H and O–H groups in total. The van der Waals surface area contributed by atoms with Crippen molar-refractivity contribution in [2.75, 3.05) is 5.32 Å². The lowest BCUT2D eigenvalue weighted by atomic mass is 10.1. The van der Waals surface area contributed by atoms with E-state index in [1.807, 2.05) is 32.9 Å². The molecule has 8 nitrogen and oxygen atoms in total. The molecule has 8 heteroatoms. The lowest BCUT2D eigenvalue weighted by Crippen LogP contribution is -2.19. The number of aromatic amines is 1. The maximum Gasteiger partial charge on any atom is 0.256 e. The van der Waals surface area contributed by atoms with Gasteiger partial charge in [-0.25, -0.2) is 4.98 Å². The number of aromatic nitrogens is 4. The molecule has 3 aromatic heterocycles. The van der Waals surface area contributed by atoms with Crippen molar-refractivity contribution in [1.82, 2.24) is 19.7 Å². The highest BCUT2D eigenvalue weighted by Gasteiger charge is 2.18. The molecule has 3 heterocycles. The summed E-state index contributed by atoms with van der Waals surface area (Å²) in [4.78, 5) is 32.1. The normalized spacial score (nSPS) is 10.9. The van der Waals surface area contributed by atoms with E-state index >= 15 is 0 Å². The van der Waals surface area contributed by atoms with Gasteiger partial charge in [-0.2, -0.15) is 9.78 Å². The third-order valence-electron chi connectivity index (χ3n) is 4.84. The number of amides is 1. The fraction of sp³-hybridized carbons (Fsp3) is 0.182. The molecule has 0 unspecified atom stereocenters. The number of H-pyrrole nitrogens is 1. The van der Waals surface area contributed by atoms with Gasteiger partial charge in [-0.3, -0.25) is 14.6 Å². The number of carbonyl (C=O) groups is 1. The SMILES string of the molecule is CCc1cc(=O)[nH]c(-n2nc(-c3ccco3)cc2NC(=O)c2ccc(C)c(C)c2)n1. The molecule has 0 aliphatic heterocycles. The van der Waals surface area contributed by atoms with Crippen molar-refractivity contribution < 1.29 is 9.21 Å². The number of carbonyl (C=O) groups excluding carboxylic acids is 1. The van der Waals surface area contributed by atoms with Crippen molar-refractivity contribution in [3.63, 3.8) is 0 Å². The summed E-state index contributed by atoms with van der Waals surface area (Å²) in [6.07, 6.45) is 2.13. The average Bonchev–Trinajstić information content (AvgIpc) is 3.39. The molecular weight excluding hydrogens is 382 g/mol. The number of anilines is 1. The molecule has 1 amide bonds. The van der Waals surface area contributed by atoms with E-state index in [0.29, 0.717) is 35.0 Å². The van der Waals surface area contributed by atoms with Crippen LogP contribution >= 0.6 is 0 Å². The van der Waals surface area contributed by atoms with Crippen LogP contribution in [0, 0.1) is 13.8 Å².